The summed E-state index contributed by atoms with van der Waals surface area (Å²) in [5, 5.41) is 7.38. The van der Waals surface area contributed by atoms with Gasteiger partial charge in [0.2, 0.25) is 10.0 Å². The van der Waals surface area contributed by atoms with Crippen LogP contribution in [0.1, 0.15) is 26.7 Å². The predicted octanol–water partition coefficient (Wildman–Crippen LogP) is -0.151. The zero-order valence-corrected chi connectivity index (χ0v) is 11.0. The van der Waals surface area contributed by atoms with Crippen LogP contribution in [-0.2, 0) is 14.8 Å². The minimum Gasteiger partial charge on any atom is -0.480 e. The number of nitrogens with two attached hydrogens (primary N) is 1. The molecule has 1 rings (SSSR count). The third-order valence-electron chi connectivity index (χ3n) is 3.40. The molecule has 17 heavy (non-hydrogen) atoms. The van der Waals surface area contributed by atoms with Crippen LogP contribution in [0.3, 0.4) is 0 Å². The average Bonchev–Trinajstić information content (AvgIpc) is 2.27. The first kappa shape index (κ1) is 14.4. The summed E-state index contributed by atoms with van der Waals surface area (Å²) in [5.41, 5.74) is 5.77. The molecule has 1 saturated heterocycles. The van der Waals surface area contributed by atoms with Crippen LogP contribution in [0, 0.1) is 5.92 Å². The van der Waals surface area contributed by atoms with Crippen LogP contribution in [0.15, 0.2) is 0 Å². The van der Waals surface area contributed by atoms with Crippen LogP contribution < -0.4 is 5.73 Å². The number of piperidine rings is 1. The van der Waals surface area contributed by atoms with Gasteiger partial charge in [0, 0.05) is 19.1 Å². The number of carboxylic acid groups (broad SMARTS) is 1. The highest BCUT2D eigenvalue weighted by molar-refractivity contribution is 7.90. The van der Waals surface area contributed by atoms with Gasteiger partial charge in [0.15, 0.2) is 5.25 Å². The predicted molar refractivity (Wildman–Crippen MR) is 64.0 cm³/mol. The second-order valence-corrected chi connectivity index (χ2v) is 6.87. The van der Waals surface area contributed by atoms with Crippen molar-refractivity contribution in [2.75, 3.05) is 13.1 Å². The molecule has 0 spiro atoms. The molecule has 100 valence electrons. The fourth-order valence-electron chi connectivity index (χ4n) is 2.01. The van der Waals surface area contributed by atoms with Gasteiger partial charge in [-0.1, -0.05) is 0 Å². The highest BCUT2D eigenvalue weighted by Gasteiger charge is 2.36. The van der Waals surface area contributed by atoms with Gasteiger partial charge < -0.3 is 10.8 Å². The molecule has 0 aromatic heterocycles. The molecule has 0 aliphatic carbocycles. The normalized spacial score (nSPS) is 23.2. The van der Waals surface area contributed by atoms with E-state index >= 15 is 0 Å². The fourth-order valence-corrected chi connectivity index (χ4v) is 3.43. The van der Waals surface area contributed by atoms with Crippen LogP contribution >= 0.6 is 0 Å². The quantitative estimate of drug-likeness (QED) is 0.735. The van der Waals surface area contributed by atoms with E-state index in [-0.39, 0.29) is 6.04 Å². The number of rotatable bonds is 4. The number of nitrogens with zero attached hydrogens (tertiary/aromatic N) is 1. The highest BCUT2D eigenvalue weighted by Crippen LogP contribution is 2.23. The highest BCUT2D eigenvalue weighted by atomic mass is 32.2. The van der Waals surface area contributed by atoms with Crippen LogP contribution in [0.5, 0.6) is 0 Å². The van der Waals surface area contributed by atoms with E-state index in [9.17, 15) is 13.2 Å². The summed E-state index contributed by atoms with van der Waals surface area (Å²) < 4.78 is 25.1. The molecule has 2 atom stereocenters. The maximum absolute atomic E-state index is 11.9. The summed E-state index contributed by atoms with van der Waals surface area (Å²) in [4.78, 5) is 10.7. The molecule has 0 aromatic carbocycles. The maximum atomic E-state index is 11.9. The first-order valence-corrected chi connectivity index (χ1v) is 7.24. The van der Waals surface area contributed by atoms with Crippen molar-refractivity contribution in [1.29, 1.82) is 0 Å². The molecule has 1 heterocycles. The van der Waals surface area contributed by atoms with E-state index in [0.717, 1.165) is 0 Å². The van der Waals surface area contributed by atoms with E-state index in [1.54, 1.807) is 0 Å². The number of aliphatic carboxylic acids is 1. The van der Waals surface area contributed by atoms with Crippen molar-refractivity contribution in [1.82, 2.24) is 4.31 Å². The van der Waals surface area contributed by atoms with Gasteiger partial charge >= 0.3 is 5.97 Å². The van der Waals surface area contributed by atoms with Gasteiger partial charge in [-0.3, -0.25) is 4.79 Å². The van der Waals surface area contributed by atoms with E-state index in [0.29, 0.717) is 31.8 Å². The second-order valence-electron chi connectivity index (χ2n) is 4.62. The maximum Gasteiger partial charge on any atom is 0.323 e. The van der Waals surface area contributed by atoms with E-state index in [4.69, 9.17) is 10.8 Å². The molecule has 6 nitrogen and oxygen atoms in total. The largest absolute Gasteiger partial charge is 0.480 e. The van der Waals surface area contributed by atoms with Crippen LogP contribution in [0.4, 0.5) is 0 Å². The van der Waals surface area contributed by atoms with Gasteiger partial charge in [-0.2, -0.15) is 0 Å². The number of sulfonamides is 1. The SMILES string of the molecule is CC(N)C1CCN(S(=O)(=O)C(C)C(=O)O)CC1. The average molecular weight is 264 g/mol. The molecule has 7 heteroatoms. The van der Waals surface area contributed by atoms with Crippen molar-refractivity contribution in [2.45, 2.75) is 38.0 Å². The Hall–Kier alpha value is -0.660. The molecule has 0 amide bonds. The monoisotopic (exact) mass is 264 g/mol. The Balaban J connectivity index is 2.68. The fraction of sp³-hybridized carbons (Fsp3) is 0.900. The van der Waals surface area contributed by atoms with Crippen LogP contribution in [0.2, 0.25) is 0 Å². The molecular weight excluding hydrogens is 244 g/mol. The number of carbonyl (C=O) groups is 1. The minimum absolute atomic E-state index is 0.0525. The zero-order valence-electron chi connectivity index (χ0n) is 10.2. The van der Waals surface area contributed by atoms with Gasteiger partial charge in [-0.15, -0.1) is 0 Å². The van der Waals surface area contributed by atoms with Crippen LogP contribution in [-0.4, -0.2) is 48.2 Å². The smallest absolute Gasteiger partial charge is 0.323 e. The summed E-state index contributed by atoms with van der Waals surface area (Å²) in [6.07, 6.45) is 1.40. The minimum atomic E-state index is -3.72. The number of hydrogen-bond acceptors (Lipinski definition) is 4. The molecule has 0 aromatic rings. The Labute approximate surface area is 102 Å². The summed E-state index contributed by atoms with van der Waals surface area (Å²) >= 11 is 0. The van der Waals surface area contributed by atoms with Crippen molar-refractivity contribution in [3.05, 3.63) is 0 Å². The van der Waals surface area contributed by atoms with Crippen LogP contribution in [0.25, 0.3) is 0 Å². The summed E-state index contributed by atoms with van der Waals surface area (Å²) in [6.45, 7) is 3.85. The van der Waals surface area contributed by atoms with Gasteiger partial charge in [-0.05, 0) is 32.6 Å². The standard InChI is InChI=1S/C10H20N2O4S/c1-7(11)9-3-5-12(6-4-9)17(15,16)8(2)10(13)14/h7-9H,3-6,11H2,1-2H3,(H,13,14). The molecule has 1 fully saturated rings. The van der Waals surface area contributed by atoms with Crippen molar-refractivity contribution in [2.24, 2.45) is 11.7 Å². The first-order chi connectivity index (χ1) is 7.76. The van der Waals surface area contributed by atoms with Gasteiger partial charge in [0.05, 0.1) is 0 Å². The van der Waals surface area contributed by atoms with Gasteiger partial charge in [-0.25, -0.2) is 12.7 Å². The Morgan fingerprint density at radius 1 is 1.35 bits per heavy atom. The zero-order chi connectivity index (χ0) is 13.2. The molecule has 0 radical (unpaired) electrons. The molecule has 1 aliphatic heterocycles. The Kier molecular flexibility index (Phi) is 4.51. The first-order valence-electron chi connectivity index (χ1n) is 5.74. The molecule has 2 unspecified atom stereocenters. The Morgan fingerprint density at radius 3 is 2.18 bits per heavy atom. The topological polar surface area (TPSA) is 101 Å². The molecular formula is C10H20N2O4S. The van der Waals surface area contributed by atoms with Crippen molar-refractivity contribution in [3.8, 4) is 0 Å². The molecule has 0 bridgehead atoms. The third-order valence-corrected chi connectivity index (χ3v) is 5.58. The van der Waals surface area contributed by atoms with Crippen molar-refractivity contribution >= 4 is 16.0 Å². The van der Waals surface area contributed by atoms with Gasteiger partial charge in [0.25, 0.3) is 0 Å². The van der Waals surface area contributed by atoms with E-state index < -0.39 is 21.2 Å². The lowest BCUT2D eigenvalue weighted by Crippen LogP contribution is -2.47. The lowest BCUT2D eigenvalue weighted by molar-refractivity contribution is -0.136. The third kappa shape index (κ3) is 3.17. The van der Waals surface area contributed by atoms with E-state index in [1.165, 1.54) is 11.2 Å². The molecule has 3 N–H and O–H groups in total. The Morgan fingerprint density at radius 2 is 1.82 bits per heavy atom. The van der Waals surface area contributed by atoms with E-state index in [2.05, 4.69) is 0 Å². The molecule has 1 aliphatic rings. The van der Waals surface area contributed by atoms with Crippen molar-refractivity contribution < 1.29 is 18.3 Å². The van der Waals surface area contributed by atoms with Gasteiger partial charge in [0.1, 0.15) is 0 Å². The lowest BCUT2D eigenvalue weighted by Gasteiger charge is -2.33. The Bertz CT molecular complexity index is 372. The summed E-state index contributed by atoms with van der Waals surface area (Å²) in [5.74, 6) is -0.985. The number of carboxylic acids is 1. The van der Waals surface area contributed by atoms with Crippen molar-refractivity contribution in [3.63, 3.8) is 0 Å². The van der Waals surface area contributed by atoms with E-state index in [1.807, 2.05) is 6.92 Å². The summed E-state index contributed by atoms with van der Waals surface area (Å²) in [6, 6.07) is 0.0525. The second kappa shape index (κ2) is 5.32. The summed E-state index contributed by atoms with van der Waals surface area (Å²) in [7, 11) is -3.72. The number of hydrogen-bond donors (Lipinski definition) is 2. The molecule has 0 saturated carbocycles. The lowest BCUT2D eigenvalue weighted by atomic mass is 9.92.